The number of phenolic OH excluding ortho intramolecular Hbond substituents is 2. The Morgan fingerprint density at radius 1 is 0.674 bits per heavy atom. The highest BCUT2D eigenvalue weighted by Gasteiger charge is 2.29. The third kappa shape index (κ3) is 9.07. The van der Waals surface area contributed by atoms with Gasteiger partial charge in [0, 0.05) is 5.02 Å². The van der Waals surface area contributed by atoms with Gasteiger partial charge in [0.1, 0.15) is 11.5 Å². The van der Waals surface area contributed by atoms with Crippen LogP contribution >= 0.6 is 27.5 Å². The summed E-state index contributed by atoms with van der Waals surface area (Å²) in [7, 11) is 0. The van der Waals surface area contributed by atoms with Gasteiger partial charge in [-0.2, -0.15) is 0 Å². The number of carbonyl (C=O) groups excluding carboxylic acids is 2. The summed E-state index contributed by atoms with van der Waals surface area (Å²) in [5, 5.41) is 25.4. The average molecular weight is 715 g/mol. The first-order valence-corrected chi connectivity index (χ1v) is 16.7. The van der Waals surface area contributed by atoms with Crippen LogP contribution in [0.5, 0.6) is 17.2 Å². The zero-order valence-electron chi connectivity index (χ0n) is 29.3. The number of nitrogens with one attached hydrogen (secondary N) is 1. The summed E-state index contributed by atoms with van der Waals surface area (Å²) >= 11 is 9.80. The molecule has 3 rings (SSSR count). The Bertz CT molecular complexity index is 1580. The van der Waals surface area contributed by atoms with Crippen LogP contribution in [0.3, 0.4) is 0 Å². The maximum absolute atomic E-state index is 13.4. The fraction of sp³-hybridized carbons (Fsp3) is 0.474. The molecule has 250 valence electrons. The van der Waals surface area contributed by atoms with Gasteiger partial charge < -0.3 is 20.3 Å². The number of amides is 1. The summed E-state index contributed by atoms with van der Waals surface area (Å²) < 4.78 is 6.27. The third-order valence-electron chi connectivity index (χ3n) is 7.78. The van der Waals surface area contributed by atoms with E-state index in [1.807, 2.05) is 107 Å². The van der Waals surface area contributed by atoms with Crippen molar-refractivity contribution in [1.82, 2.24) is 0 Å². The molecule has 6 nitrogen and oxygen atoms in total. The number of hydrogen-bond donors (Lipinski definition) is 3. The lowest BCUT2D eigenvalue weighted by Gasteiger charge is -2.28. The largest absolute Gasteiger partial charge is 0.507 e. The van der Waals surface area contributed by atoms with Crippen LogP contribution in [0, 0.1) is 0 Å². The fourth-order valence-electron chi connectivity index (χ4n) is 5.33. The molecule has 0 fully saturated rings. The number of halogens is 2. The van der Waals surface area contributed by atoms with Gasteiger partial charge in [0.2, 0.25) is 5.91 Å². The lowest BCUT2D eigenvalue weighted by atomic mass is 9.78. The minimum absolute atomic E-state index is 0.0304. The third-order valence-corrected chi connectivity index (χ3v) is 8.59. The minimum atomic E-state index is -0.535. The standard InChI is InChI=1S/C38H49BrClNO5/c1-35(2,3)24-13-21(14-25(32(24)44)36(4,5)6)17-30(42)41-29-20-23(40)19-28(39)34(29)46-31(43)18-22-15-26(37(7,8)9)33(45)27(16-22)38(10,11)12/h13-16,19-20,44-45H,17-18H2,1-12H3,(H,41,42). The predicted molar refractivity (Wildman–Crippen MR) is 192 cm³/mol. The average Bonchev–Trinajstić information content (AvgIpc) is 2.85. The normalized spacial score (nSPS) is 12.7. The van der Waals surface area contributed by atoms with E-state index in [4.69, 9.17) is 16.3 Å². The van der Waals surface area contributed by atoms with E-state index in [2.05, 4.69) is 21.2 Å². The quantitative estimate of drug-likeness (QED) is 0.175. The molecule has 0 spiro atoms. The highest BCUT2D eigenvalue weighted by molar-refractivity contribution is 9.10. The Hall–Kier alpha value is -3.03. The lowest BCUT2D eigenvalue weighted by molar-refractivity contribution is -0.133. The number of aromatic hydroxyl groups is 2. The van der Waals surface area contributed by atoms with Crippen LogP contribution in [0.2, 0.25) is 5.02 Å². The number of hydrogen-bond acceptors (Lipinski definition) is 5. The molecule has 0 saturated carbocycles. The number of anilines is 1. The molecule has 8 heteroatoms. The highest BCUT2D eigenvalue weighted by atomic mass is 79.9. The Labute approximate surface area is 288 Å². The molecule has 0 heterocycles. The summed E-state index contributed by atoms with van der Waals surface area (Å²) in [6.07, 6.45) is -0.0177. The van der Waals surface area contributed by atoms with Crippen LogP contribution in [0.1, 0.15) is 116 Å². The molecular weight excluding hydrogens is 666 g/mol. The molecule has 0 aromatic heterocycles. The van der Waals surface area contributed by atoms with E-state index < -0.39 is 5.97 Å². The van der Waals surface area contributed by atoms with Crippen molar-refractivity contribution in [2.75, 3.05) is 5.32 Å². The van der Waals surface area contributed by atoms with E-state index in [-0.39, 0.29) is 63.3 Å². The molecule has 0 saturated heterocycles. The van der Waals surface area contributed by atoms with Gasteiger partial charge in [0.05, 0.1) is 23.0 Å². The molecule has 3 aromatic rings. The van der Waals surface area contributed by atoms with E-state index in [1.165, 1.54) is 0 Å². The smallest absolute Gasteiger partial charge is 0.315 e. The second-order valence-corrected chi connectivity index (χ2v) is 17.5. The molecule has 46 heavy (non-hydrogen) atoms. The Balaban J connectivity index is 1.93. The topological polar surface area (TPSA) is 95.9 Å². The van der Waals surface area contributed by atoms with Crippen LogP contribution in [0.25, 0.3) is 0 Å². The van der Waals surface area contributed by atoms with Gasteiger partial charge in [-0.05, 0) is 83.1 Å². The summed E-state index contributed by atoms with van der Waals surface area (Å²) in [5.41, 5.74) is 3.37. The van der Waals surface area contributed by atoms with Crippen LogP contribution in [0.4, 0.5) is 5.69 Å². The molecule has 0 aliphatic rings. The molecule has 3 N–H and O–H groups in total. The number of ether oxygens (including phenoxy) is 1. The number of carbonyl (C=O) groups is 2. The fourth-order valence-corrected chi connectivity index (χ4v) is 6.22. The zero-order chi connectivity index (χ0) is 35.2. The van der Waals surface area contributed by atoms with Crippen LogP contribution in [-0.4, -0.2) is 22.1 Å². The second-order valence-electron chi connectivity index (χ2n) is 16.2. The second kappa shape index (κ2) is 13.2. The van der Waals surface area contributed by atoms with E-state index >= 15 is 0 Å². The first-order chi connectivity index (χ1) is 20.8. The van der Waals surface area contributed by atoms with E-state index in [0.717, 1.165) is 27.8 Å². The molecule has 0 radical (unpaired) electrons. The first kappa shape index (κ1) is 37.4. The summed E-state index contributed by atoms with van der Waals surface area (Å²) in [4.78, 5) is 26.8. The monoisotopic (exact) mass is 713 g/mol. The van der Waals surface area contributed by atoms with Gasteiger partial charge >= 0.3 is 5.97 Å². The van der Waals surface area contributed by atoms with Gasteiger partial charge in [-0.3, -0.25) is 9.59 Å². The Morgan fingerprint density at radius 3 is 1.41 bits per heavy atom. The first-order valence-electron chi connectivity index (χ1n) is 15.5. The molecule has 0 atom stereocenters. The summed E-state index contributed by atoms with van der Waals surface area (Å²) in [6.45, 7) is 24.2. The molecular formula is C38H49BrClNO5. The molecule has 1 amide bonds. The van der Waals surface area contributed by atoms with Crippen molar-refractivity contribution in [1.29, 1.82) is 0 Å². The van der Waals surface area contributed by atoms with Crippen molar-refractivity contribution in [2.45, 2.75) is 118 Å². The van der Waals surface area contributed by atoms with Crippen molar-refractivity contribution in [3.8, 4) is 17.2 Å². The number of phenols is 2. The van der Waals surface area contributed by atoms with Crippen molar-refractivity contribution in [3.05, 3.63) is 79.3 Å². The van der Waals surface area contributed by atoms with E-state index in [1.54, 1.807) is 12.1 Å². The molecule has 0 bridgehead atoms. The molecule has 0 aliphatic heterocycles. The summed E-state index contributed by atoms with van der Waals surface area (Å²) in [5.74, 6) is -0.243. The van der Waals surface area contributed by atoms with Gasteiger partial charge in [-0.15, -0.1) is 0 Å². The van der Waals surface area contributed by atoms with Crippen molar-refractivity contribution in [3.63, 3.8) is 0 Å². The number of esters is 1. The number of rotatable bonds is 6. The summed E-state index contributed by atoms with van der Waals surface area (Å²) in [6, 6.07) is 10.6. The van der Waals surface area contributed by atoms with Gasteiger partial charge in [-0.25, -0.2) is 0 Å². The highest BCUT2D eigenvalue weighted by Crippen LogP contribution is 2.42. The number of benzene rings is 3. The molecule has 3 aromatic carbocycles. The maximum atomic E-state index is 13.4. The van der Waals surface area contributed by atoms with Gasteiger partial charge in [-0.1, -0.05) is 119 Å². The predicted octanol–water partition coefficient (Wildman–Crippen LogP) is 10.0. The van der Waals surface area contributed by atoms with Crippen LogP contribution in [0.15, 0.2) is 40.9 Å². The Kier molecular flexibility index (Phi) is 10.8. The van der Waals surface area contributed by atoms with Gasteiger partial charge in [0.25, 0.3) is 0 Å². The van der Waals surface area contributed by atoms with Crippen LogP contribution in [-0.2, 0) is 44.1 Å². The van der Waals surface area contributed by atoms with Crippen molar-refractivity contribution < 1.29 is 24.5 Å². The zero-order valence-corrected chi connectivity index (χ0v) is 31.6. The molecule has 0 aliphatic carbocycles. The Morgan fingerprint density at radius 2 is 1.04 bits per heavy atom. The van der Waals surface area contributed by atoms with E-state index in [9.17, 15) is 19.8 Å². The lowest BCUT2D eigenvalue weighted by Crippen LogP contribution is -2.21. The van der Waals surface area contributed by atoms with E-state index in [0.29, 0.717) is 15.1 Å². The SMILES string of the molecule is CC(C)(C)c1cc(CC(=O)Nc2cc(Cl)cc(Br)c2OC(=O)Cc2cc(C(C)(C)C)c(O)c(C(C)(C)C)c2)cc(C(C)(C)C)c1O. The maximum Gasteiger partial charge on any atom is 0.315 e. The van der Waals surface area contributed by atoms with Gasteiger partial charge in [0.15, 0.2) is 5.75 Å². The van der Waals surface area contributed by atoms with Crippen molar-refractivity contribution in [2.24, 2.45) is 0 Å². The minimum Gasteiger partial charge on any atom is -0.507 e. The molecule has 0 unspecified atom stereocenters. The van der Waals surface area contributed by atoms with Crippen molar-refractivity contribution >= 4 is 45.1 Å². The van der Waals surface area contributed by atoms with Crippen LogP contribution < -0.4 is 10.1 Å².